The van der Waals surface area contributed by atoms with Crippen LogP contribution in [0, 0.1) is 0 Å². The zero-order valence-corrected chi connectivity index (χ0v) is 15.6. The van der Waals surface area contributed by atoms with Crippen LogP contribution in [-0.4, -0.2) is 30.3 Å². The number of amides is 1. The molecule has 152 valence electrons. The first kappa shape index (κ1) is 20.2. The zero-order valence-electron chi connectivity index (χ0n) is 15.6. The number of carbonyl (C=O) groups is 1. The van der Waals surface area contributed by atoms with Gasteiger partial charge in [-0.1, -0.05) is 12.1 Å². The number of rotatable bonds is 6. The van der Waals surface area contributed by atoms with Crippen molar-refractivity contribution in [2.24, 2.45) is 0 Å². The quantitative estimate of drug-likeness (QED) is 0.649. The van der Waals surface area contributed by atoms with E-state index in [2.05, 4.69) is 15.5 Å². The number of aromatic amines is 1. The van der Waals surface area contributed by atoms with Crippen molar-refractivity contribution in [2.45, 2.75) is 12.7 Å². The Morgan fingerprint density at radius 2 is 1.76 bits per heavy atom. The molecule has 9 heteroatoms. The molecule has 1 aromatic heterocycles. The first-order valence-electron chi connectivity index (χ1n) is 8.53. The van der Waals surface area contributed by atoms with Crippen LogP contribution in [0.5, 0.6) is 11.5 Å². The SMILES string of the molecule is COc1ccc(-c2[nH]ncc2C(=O)NCc2ccc(C(F)(F)F)cc2)cc1OC. The fourth-order valence-electron chi connectivity index (χ4n) is 2.76. The molecule has 0 spiro atoms. The largest absolute Gasteiger partial charge is 0.493 e. The number of nitrogens with one attached hydrogen (secondary N) is 2. The van der Waals surface area contributed by atoms with Crippen LogP contribution in [0.2, 0.25) is 0 Å². The number of carbonyl (C=O) groups excluding carboxylic acids is 1. The Balaban J connectivity index is 1.74. The second kappa shape index (κ2) is 8.26. The molecule has 0 saturated carbocycles. The molecule has 3 aromatic rings. The van der Waals surface area contributed by atoms with E-state index in [1.165, 1.54) is 32.5 Å². The van der Waals surface area contributed by atoms with Crippen LogP contribution in [0.15, 0.2) is 48.7 Å². The van der Waals surface area contributed by atoms with E-state index in [0.29, 0.717) is 33.9 Å². The molecule has 6 nitrogen and oxygen atoms in total. The highest BCUT2D eigenvalue weighted by Crippen LogP contribution is 2.33. The second-order valence-corrected chi connectivity index (χ2v) is 6.11. The number of hydrogen-bond acceptors (Lipinski definition) is 4. The highest BCUT2D eigenvalue weighted by molar-refractivity contribution is 5.99. The van der Waals surface area contributed by atoms with Crippen molar-refractivity contribution in [1.82, 2.24) is 15.5 Å². The molecule has 3 rings (SSSR count). The number of H-pyrrole nitrogens is 1. The van der Waals surface area contributed by atoms with E-state index < -0.39 is 17.6 Å². The molecule has 0 fully saturated rings. The third-order valence-corrected chi connectivity index (χ3v) is 4.29. The van der Waals surface area contributed by atoms with Gasteiger partial charge in [0.15, 0.2) is 11.5 Å². The smallest absolute Gasteiger partial charge is 0.416 e. The van der Waals surface area contributed by atoms with Gasteiger partial charge in [0.1, 0.15) is 0 Å². The van der Waals surface area contributed by atoms with Gasteiger partial charge in [-0.25, -0.2) is 0 Å². The molecule has 0 saturated heterocycles. The molecule has 1 heterocycles. The number of methoxy groups -OCH3 is 2. The van der Waals surface area contributed by atoms with Crippen molar-refractivity contribution in [3.8, 4) is 22.8 Å². The number of nitrogens with zero attached hydrogens (tertiary/aromatic N) is 1. The lowest BCUT2D eigenvalue weighted by molar-refractivity contribution is -0.137. The summed E-state index contributed by atoms with van der Waals surface area (Å²) in [4.78, 5) is 12.6. The zero-order chi connectivity index (χ0) is 21.0. The van der Waals surface area contributed by atoms with Crippen LogP contribution in [0.1, 0.15) is 21.5 Å². The maximum atomic E-state index is 12.6. The summed E-state index contributed by atoms with van der Waals surface area (Å²) in [6.07, 6.45) is -3.01. The molecule has 1 amide bonds. The van der Waals surface area contributed by atoms with Gasteiger partial charge < -0.3 is 14.8 Å². The number of ether oxygens (including phenoxy) is 2. The topological polar surface area (TPSA) is 76.2 Å². The standard InChI is InChI=1S/C20H18F3N3O3/c1-28-16-8-5-13(9-17(16)29-2)18-15(11-25-26-18)19(27)24-10-12-3-6-14(7-4-12)20(21,22)23/h3-9,11H,10H2,1-2H3,(H,24,27)(H,25,26). The van der Waals surface area contributed by atoms with E-state index in [1.807, 2.05) is 0 Å². The molecule has 0 aliphatic heterocycles. The van der Waals surface area contributed by atoms with Crippen molar-refractivity contribution in [3.05, 3.63) is 65.4 Å². The van der Waals surface area contributed by atoms with Gasteiger partial charge in [0.25, 0.3) is 5.91 Å². The maximum absolute atomic E-state index is 12.6. The molecule has 2 N–H and O–H groups in total. The summed E-state index contributed by atoms with van der Waals surface area (Å²) in [5, 5.41) is 9.39. The minimum atomic E-state index is -4.40. The molecule has 0 aliphatic rings. The van der Waals surface area contributed by atoms with Gasteiger partial charge in [0.05, 0.1) is 37.2 Å². The lowest BCUT2D eigenvalue weighted by Gasteiger charge is -2.10. The minimum absolute atomic E-state index is 0.0769. The second-order valence-electron chi connectivity index (χ2n) is 6.11. The van der Waals surface area contributed by atoms with E-state index >= 15 is 0 Å². The normalized spacial score (nSPS) is 11.2. The van der Waals surface area contributed by atoms with Crippen molar-refractivity contribution < 1.29 is 27.4 Å². The summed E-state index contributed by atoms with van der Waals surface area (Å²) >= 11 is 0. The van der Waals surface area contributed by atoms with E-state index in [4.69, 9.17) is 9.47 Å². The number of halogens is 3. The molecule has 0 bridgehead atoms. The van der Waals surface area contributed by atoms with Gasteiger partial charge in [0.2, 0.25) is 0 Å². The summed E-state index contributed by atoms with van der Waals surface area (Å²) < 4.78 is 48.4. The van der Waals surface area contributed by atoms with Crippen LogP contribution < -0.4 is 14.8 Å². The Bertz CT molecular complexity index is 998. The predicted molar refractivity (Wildman–Crippen MR) is 99.7 cm³/mol. The summed E-state index contributed by atoms with van der Waals surface area (Å²) in [6.45, 7) is 0.0769. The van der Waals surface area contributed by atoms with Crippen LogP contribution in [0.3, 0.4) is 0 Å². The fourth-order valence-corrected chi connectivity index (χ4v) is 2.76. The van der Waals surface area contributed by atoms with E-state index in [0.717, 1.165) is 12.1 Å². The molecule has 0 atom stereocenters. The monoisotopic (exact) mass is 405 g/mol. The maximum Gasteiger partial charge on any atom is 0.416 e. The van der Waals surface area contributed by atoms with Crippen LogP contribution >= 0.6 is 0 Å². The first-order valence-corrected chi connectivity index (χ1v) is 8.53. The third kappa shape index (κ3) is 4.50. The molecule has 2 aromatic carbocycles. The lowest BCUT2D eigenvalue weighted by atomic mass is 10.1. The Kier molecular flexibility index (Phi) is 5.76. The van der Waals surface area contributed by atoms with Crippen LogP contribution in [-0.2, 0) is 12.7 Å². The molecule has 29 heavy (non-hydrogen) atoms. The highest BCUT2D eigenvalue weighted by Gasteiger charge is 2.29. The number of aromatic nitrogens is 2. The number of benzene rings is 2. The predicted octanol–water partition coefficient (Wildman–Crippen LogP) is 4.04. The summed E-state index contributed by atoms with van der Waals surface area (Å²) in [5.41, 5.74) is 1.25. The van der Waals surface area contributed by atoms with E-state index in [-0.39, 0.29) is 6.54 Å². The summed E-state index contributed by atoms with van der Waals surface area (Å²) in [7, 11) is 3.03. The third-order valence-electron chi connectivity index (χ3n) is 4.29. The van der Waals surface area contributed by atoms with E-state index in [9.17, 15) is 18.0 Å². The molecule has 0 radical (unpaired) electrons. The summed E-state index contributed by atoms with van der Waals surface area (Å²) in [5.74, 6) is 0.628. The van der Waals surface area contributed by atoms with Crippen molar-refractivity contribution in [3.63, 3.8) is 0 Å². The van der Waals surface area contributed by atoms with Gasteiger partial charge in [-0.3, -0.25) is 9.89 Å². The molecular weight excluding hydrogens is 387 g/mol. The minimum Gasteiger partial charge on any atom is -0.493 e. The van der Waals surface area contributed by atoms with Gasteiger partial charge in [-0.05, 0) is 35.9 Å². The van der Waals surface area contributed by atoms with Crippen molar-refractivity contribution >= 4 is 5.91 Å². The van der Waals surface area contributed by atoms with Gasteiger partial charge in [0, 0.05) is 12.1 Å². The Hall–Kier alpha value is -3.49. The molecule has 0 aliphatic carbocycles. The average molecular weight is 405 g/mol. The van der Waals surface area contributed by atoms with Crippen molar-refractivity contribution in [2.75, 3.05) is 14.2 Å². The lowest BCUT2D eigenvalue weighted by Crippen LogP contribution is -2.23. The number of alkyl halides is 3. The first-order chi connectivity index (χ1) is 13.8. The summed E-state index contributed by atoms with van der Waals surface area (Å²) in [6, 6.07) is 9.78. The molecular formula is C20H18F3N3O3. The van der Waals surface area contributed by atoms with Crippen LogP contribution in [0.4, 0.5) is 13.2 Å². The van der Waals surface area contributed by atoms with Crippen molar-refractivity contribution in [1.29, 1.82) is 0 Å². The van der Waals surface area contributed by atoms with Gasteiger partial charge in [-0.15, -0.1) is 0 Å². The Labute approximate surface area is 164 Å². The highest BCUT2D eigenvalue weighted by atomic mass is 19.4. The van der Waals surface area contributed by atoms with E-state index in [1.54, 1.807) is 18.2 Å². The fraction of sp³-hybridized carbons (Fsp3) is 0.200. The molecule has 0 unspecified atom stereocenters. The van der Waals surface area contributed by atoms with Gasteiger partial charge in [-0.2, -0.15) is 18.3 Å². The average Bonchev–Trinajstić information content (AvgIpc) is 3.21. The van der Waals surface area contributed by atoms with Crippen LogP contribution in [0.25, 0.3) is 11.3 Å². The Morgan fingerprint density at radius 1 is 1.07 bits per heavy atom. The Morgan fingerprint density at radius 3 is 2.38 bits per heavy atom. The van der Waals surface area contributed by atoms with Gasteiger partial charge >= 0.3 is 6.18 Å². The number of hydrogen-bond donors (Lipinski definition) is 2.